The van der Waals surface area contributed by atoms with Gasteiger partial charge in [0.1, 0.15) is 17.6 Å². The molecule has 31 heavy (non-hydrogen) atoms. The van der Waals surface area contributed by atoms with Gasteiger partial charge in [0.25, 0.3) is 5.91 Å². The predicted octanol–water partition coefficient (Wildman–Crippen LogP) is 4.57. The fraction of sp³-hybridized carbons (Fsp3) is 0.360. The van der Waals surface area contributed by atoms with E-state index in [1.54, 1.807) is 13.3 Å². The summed E-state index contributed by atoms with van der Waals surface area (Å²) in [5, 5.41) is 3.15. The highest BCUT2D eigenvalue weighted by molar-refractivity contribution is 5.95. The second kappa shape index (κ2) is 10.7. The molecule has 0 aliphatic heterocycles. The van der Waals surface area contributed by atoms with Crippen molar-refractivity contribution in [2.75, 3.05) is 25.1 Å². The van der Waals surface area contributed by atoms with Crippen LogP contribution in [0.15, 0.2) is 60.9 Å². The number of amides is 1. The van der Waals surface area contributed by atoms with E-state index in [1.165, 1.54) is 0 Å². The molecule has 0 radical (unpaired) electrons. The Labute approximate surface area is 184 Å². The molecule has 0 bridgehead atoms. The van der Waals surface area contributed by atoms with Gasteiger partial charge < -0.3 is 19.5 Å². The summed E-state index contributed by atoms with van der Waals surface area (Å²) in [6, 6.07) is 15.2. The standard InChI is InChI=1S/C25H32N4O2/c1-5-7-17-29(6-2)21-12-8-20(9-13-21)25(30)27-23(24-26-16-18-28(24)3)19-10-14-22(31-4)15-11-19/h8-16,18,23H,5-7,17H2,1-4H3,(H,27,30). The number of methoxy groups -OCH3 is 1. The van der Waals surface area contributed by atoms with Gasteiger partial charge in [-0.2, -0.15) is 0 Å². The summed E-state index contributed by atoms with van der Waals surface area (Å²) in [6.07, 6.45) is 5.94. The van der Waals surface area contributed by atoms with Crippen LogP contribution in [-0.4, -0.2) is 35.7 Å². The first-order valence-electron chi connectivity index (χ1n) is 10.8. The molecule has 1 N–H and O–H groups in total. The van der Waals surface area contributed by atoms with E-state index in [-0.39, 0.29) is 11.9 Å². The number of nitrogens with zero attached hydrogens (tertiary/aromatic N) is 3. The first kappa shape index (κ1) is 22.4. The van der Waals surface area contributed by atoms with E-state index in [4.69, 9.17) is 4.74 Å². The second-order valence-corrected chi connectivity index (χ2v) is 7.56. The van der Waals surface area contributed by atoms with E-state index in [0.29, 0.717) is 5.56 Å². The molecule has 3 rings (SSSR count). The summed E-state index contributed by atoms with van der Waals surface area (Å²) >= 11 is 0. The molecule has 1 aromatic heterocycles. The molecule has 0 saturated carbocycles. The van der Waals surface area contributed by atoms with E-state index in [2.05, 4.69) is 29.0 Å². The monoisotopic (exact) mass is 420 g/mol. The third kappa shape index (κ3) is 5.45. The zero-order valence-electron chi connectivity index (χ0n) is 18.8. The minimum Gasteiger partial charge on any atom is -0.497 e. The normalized spacial score (nSPS) is 11.7. The molecule has 0 aliphatic rings. The maximum absolute atomic E-state index is 13.1. The van der Waals surface area contributed by atoms with Crippen molar-refractivity contribution >= 4 is 11.6 Å². The van der Waals surface area contributed by atoms with Crippen LogP contribution in [0.5, 0.6) is 5.75 Å². The fourth-order valence-electron chi connectivity index (χ4n) is 3.61. The van der Waals surface area contributed by atoms with Crippen molar-refractivity contribution in [1.29, 1.82) is 0 Å². The first-order chi connectivity index (χ1) is 15.1. The minimum atomic E-state index is -0.366. The molecule has 3 aromatic rings. The lowest BCUT2D eigenvalue weighted by atomic mass is 10.0. The summed E-state index contributed by atoms with van der Waals surface area (Å²) in [7, 11) is 3.56. The van der Waals surface area contributed by atoms with Crippen LogP contribution in [0, 0.1) is 0 Å². The lowest BCUT2D eigenvalue weighted by molar-refractivity contribution is 0.0941. The van der Waals surface area contributed by atoms with Gasteiger partial charge in [-0.1, -0.05) is 25.5 Å². The Balaban J connectivity index is 1.81. The summed E-state index contributed by atoms with van der Waals surface area (Å²) in [5.74, 6) is 1.41. The molecule has 0 spiro atoms. The largest absolute Gasteiger partial charge is 0.497 e. The van der Waals surface area contributed by atoms with Crippen LogP contribution in [0.25, 0.3) is 0 Å². The third-order valence-electron chi connectivity index (χ3n) is 5.50. The van der Waals surface area contributed by atoms with Gasteiger partial charge in [-0.25, -0.2) is 4.98 Å². The van der Waals surface area contributed by atoms with E-state index in [0.717, 1.165) is 48.8 Å². The maximum atomic E-state index is 13.1. The number of imidazole rings is 1. The second-order valence-electron chi connectivity index (χ2n) is 7.56. The Bertz CT molecular complexity index is 964. The molecule has 0 fully saturated rings. The number of carbonyl (C=O) groups excluding carboxylic acids is 1. The number of ether oxygens (including phenoxy) is 1. The van der Waals surface area contributed by atoms with Crippen molar-refractivity contribution in [1.82, 2.24) is 14.9 Å². The summed E-state index contributed by atoms with van der Waals surface area (Å²) in [4.78, 5) is 19.9. The van der Waals surface area contributed by atoms with Crippen LogP contribution in [0.4, 0.5) is 5.69 Å². The van der Waals surface area contributed by atoms with Gasteiger partial charge in [-0.05, 0) is 55.3 Å². The molecular formula is C25H32N4O2. The quantitative estimate of drug-likeness (QED) is 0.522. The average molecular weight is 421 g/mol. The Morgan fingerprint density at radius 1 is 1.13 bits per heavy atom. The number of anilines is 1. The van der Waals surface area contributed by atoms with Gasteiger partial charge in [-0.15, -0.1) is 0 Å². The molecule has 0 aliphatic carbocycles. The van der Waals surface area contributed by atoms with E-state index in [1.807, 2.05) is 66.3 Å². The number of hydrogen-bond acceptors (Lipinski definition) is 4. The Morgan fingerprint density at radius 2 is 1.84 bits per heavy atom. The van der Waals surface area contributed by atoms with Crippen LogP contribution in [-0.2, 0) is 7.05 Å². The molecular weight excluding hydrogens is 388 g/mol. The molecule has 6 nitrogen and oxygen atoms in total. The summed E-state index contributed by atoms with van der Waals surface area (Å²) in [6.45, 7) is 6.33. The predicted molar refractivity (Wildman–Crippen MR) is 125 cm³/mol. The minimum absolute atomic E-state index is 0.132. The van der Waals surface area contributed by atoms with Crippen molar-refractivity contribution in [2.24, 2.45) is 7.05 Å². The summed E-state index contributed by atoms with van der Waals surface area (Å²) < 4.78 is 7.19. The molecule has 1 atom stereocenters. The molecule has 164 valence electrons. The number of nitrogens with one attached hydrogen (secondary N) is 1. The number of benzene rings is 2. The van der Waals surface area contributed by atoms with Crippen LogP contribution >= 0.6 is 0 Å². The lowest BCUT2D eigenvalue weighted by Crippen LogP contribution is -2.31. The molecule has 2 aromatic carbocycles. The van der Waals surface area contributed by atoms with Crippen molar-refractivity contribution < 1.29 is 9.53 Å². The highest BCUT2D eigenvalue weighted by Gasteiger charge is 2.21. The van der Waals surface area contributed by atoms with Crippen molar-refractivity contribution in [2.45, 2.75) is 32.7 Å². The molecule has 1 amide bonds. The van der Waals surface area contributed by atoms with Gasteiger partial charge in [0, 0.05) is 43.8 Å². The number of hydrogen-bond donors (Lipinski definition) is 1. The van der Waals surface area contributed by atoms with Gasteiger partial charge in [0.05, 0.1) is 7.11 Å². The van der Waals surface area contributed by atoms with Crippen molar-refractivity contribution in [3.63, 3.8) is 0 Å². The zero-order valence-corrected chi connectivity index (χ0v) is 18.8. The average Bonchev–Trinajstić information content (AvgIpc) is 3.24. The molecule has 1 unspecified atom stereocenters. The molecule has 0 saturated heterocycles. The fourth-order valence-corrected chi connectivity index (χ4v) is 3.61. The van der Waals surface area contributed by atoms with Crippen LogP contribution in [0.1, 0.15) is 54.5 Å². The maximum Gasteiger partial charge on any atom is 0.252 e. The van der Waals surface area contributed by atoms with Crippen LogP contribution in [0.2, 0.25) is 0 Å². The number of unbranched alkanes of at least 4 members (excludes halogenated alkanes) is 1. The third-order valence-corrected chi connectivity index (χ3v) is 5.50. The Kier molecular flexibility index (Phi) is 7.70. The van der Waals surface area contributed by atoms with Gasteiger partial charge in [0.15, 0.2) is 0 Å². The number of carbonyl (C=O) groups is 1. The van der Waals surface area contributed by atoms with E-state index >= 15 is 0 Å². The van der Waals surface area contributed by atoms with E-state index < -0.39 is 0 Å². The van der Waals surface area contributed by atoms with Gasteiger partial charge >= 0.3 is 0 Å². The van der Waals surface area contributed by atoms with Gasteiger partial charge in [0.2, 0.25) is 0 Å². The number of aryl methyl sites for hydroxylation is 1. The lowest BCUT2D eigenvalue weighted by Gasteiger charge is -2.23. The Morgan fingerprint density at radius 3 is 2.39 bits per heavy atom. The zero-order chi connectivity index (χ0) is 22.2. The van der Waals surface area contributed by atoms with Gasteiger partial charge in [-0.3, -0.25) is 4.79 Å². The molecule has 6 heteroatoms. The number of rotatable bonds is 10. The SMILES string of the molecule is CCCCN(CC)c1ccc(C(=O)NC(c2ccc(OC)cc2)c2nccn2C)cc1. The van der Waals surface area contributed by atoms with E-state index in [9.17, 15) is 4.79 Å². The van der Waals surface area contributed by atoms with Crippen LogP contribution < -0.4 is 15.0 Å². The summed E-state index contributed by atoms with van der Waals surface area (Å²) in [5.41, 5.74) is 2.71. The van der Waals surface area contributed by atoms with Crippen molar-refractivity contribution in [3.05, 3.63) is 77.9 Å². The van der Waals surface area contributed by atoms with Crippen molar-refractivity contribution in [3.8, 4) is 5.75 Å². The number of aromatic nitrogens is 2. The Hall–Kier alpha value is -3.28. The highest BCUT2D eigenvalue weighted by Crippen LogP contribution is 2.24. The smallest absolute Gasteiger partial charge is 0.252 e. The van der Waals surface area contributed by atoms with Crippen LogP contribution in [0.3, 0.4) is 0 Å². The highest BCUT2D eigenvalue weighted by atomic mass is 16.5. The topological polar surface area (TPSA) is 59.4 Å². The molecule has 1 heterocycles. The first-order valence-corrected chi connectivity index (χ1v) is 10.8.